The summed E-state index contributed by atoms with van der Waals surface area (Å²) in [6.45, 7) is 2.08. The van der Waals surface area contributed by atoms with Crippen LogP contribution in [-0.4, -0.2) is 44.7 Å². The van der Waals surface area contributed by atoms with Crippen LogP contribution in [0.3, 0.4) is 0 Å². The van der Waals surface area contributed by atoms with Crippen molar-refractivity contribution < 1.29 is 0 Å². The van der Waals surface area contributed by atoms with Crippen molar-refractivity contribution in [3.63, 3.8) is 0 Å². The minimum absolute atomic E-state index is 0.509. The van der Waals surface area contributed by atoms with E-state index in [0.29, 0.717) is 6.04 Å². The van der Waals surface area contributed by atoms with Crippen molar-refractivity contribution in [2.24, 2.45) is 0 Å². The lowest BCUT2D eigenvalue weighted by molar-refractivity contribution is 0.0607. The summed E-state index contributed by atoms with van der Waals surface area (Å²) >= 11 is 0. The molecule has 2 fully saturated rings. The van der Waals surface area contributed by atoms with Gasteiger partial charge in [0.2, 0.25) is 5.95 Å². The van der Waals surface area contributed by atoms with Gasteiger partial charge in [-0.15, -0.1) is 5.10 Å². The monoisotopic (exact) mass is 285 g/mol. The summed E-state index contributed by atoms with van der Waals surface area (Å²) in [4.78, 5) is 7.23. The van der Waals surface area contributed by atoms with Gasteiger partial charge in [0.25, 0.3) is 0 Å². The first-order valence-corrected chi connectivity index (χ1v) is 8.01. The Morgan fingerprint density at radius 2 is 2.00 bits per heavy atom. The molecule has 112 valence electrons. The van der Waals surface area contributed by atoms with Gasteiger partial charge in [-0.25, -0.2) is 4.52 Å². The van der Waals surface area contributed by atoms with Gasteiger partial charge < -0.3 is 10.2 Å². The molecule has 0 spiro atoms. The fourth-order valence-electron chi connectivity index (χ4n) is 4.02. The lowest BCUT2D eigenvalue weighted by atomic mass is 9.82. The highest BCUT2D eigenvalue weighted by Crippen LogP contribution is 2.33. The number of pyridine rings is 1. The van der Waals surface area contributed by atoms with Crippen LogP contribution in [0.2, 0.25) is 0 Å². The van der Waals surface area contributed by atoms with Crippen molar-refractivity contribution in [3.05, 3.63) is 23.9 Å². The van der Waals surface area contributed by atoms with Gasteiger partial charge in [0, 0.05) is 24.3 Å². The van der Waals surface area contributed by atoms with Crippen LogP contribution in [0.15, 0.2) is 18.3 Å². The molecule has 2 aliphatic heterocycles. The predicted molar refractivity (Wildman–Crippen MR) is 83.6 cm³/mol. The minimum Gasteiger partial charge on any atom is -0.350 e. The number of fused-ring (bicyclic) bond motifs is 3. The van der Waals surface area contributed by atoms with Crippen LogP contribution < -0.4 is 5.32 Å². The topological polar surface area (TPSA) is 45.5 Å². The molecule has 2 saturated heterocycles. The van der Waals surface area contributed by atoms with E-state index in [4.69, 9.17) is 0 Å². The number of piperidine rings is 2. The molecule has 0 aliphatic carbocycles. The van der Waals surface area contributed by atoms with Gasteiger partial charge in [-0.3, -0.25) is 0 Å². The van der Waals surface area contributed by atoms with E-state index in [1.165, 1.54) is 37.7 Å². The first-order chi connectivity index (χ1) is 10.2. The normalized spacial score (nSPS) is 29.7. The van der Waals surface area contributed by atoms with Crippen LogP contribution in [0.5, 0.6) is 0 Å². The predicted octanol–water partition coefficient (Wildman–Crippen LogP) is 2.46. The van der Waals surface area contributed by atoms with E-state index < -0.39 is 0 Å². The van der Waals surface area contributed by atoms with Crippen molar-refractivity contribution >= 4 is 11.6 Å². The molecule has 0 amide bonds. The summed E-state index contributed by atoms with van der Waals surface area (Å²) in [5.74, 6) is 0.775. The number of hydrogen-bond donors (Lipinski definition) is 1. The van der Waals surface area contributed by atoms with Crippen molar-refractivity contribution in [2.45, 2.75) is 57.2 Å². The van der Waals surface area contributed by atoms with Crippen LogP contribution in [0.4, 0.5) is 5.95 Å². The fraction of sp³-hybridized carbons (Fsp3) is 0.625. The van der Waals surface area contributed by atoms with Gasteiger partial charge in [-0.05, 0) is 51.3 Å². The molecule has 2 unspecified atom stereocenters. The average Bonchev–Trinajstić information content (AvgIpc) is 2.84. The highest BCUT2D eigenvalue weighted by Gasteiger charge is 2.36. The second-order valence-corrected chi connectivity index (χ2v) is 6.61. The zero-order valence-corrected chi connectivity index (χ0v) is 12.8. The van der Waals surface area contributed by atoms with Crippen molar-refractivity contribution in [2.75, 3.05) is 12.4 Å². The summed E-state index contributed by atoms with van der Waals surface area (Å²) < 4.78 is 1.87. The van der Waals surface area contributed by atoms with Gasteiger partial charge in [0.05, 0.1) is 0 Å². The summed E-state index contributed by atoms with van der Waals surface area (Å²) in [5.41, 5.74) is 2.12. The zero-order valence-electron chi connectivity index (χ0n) is 12.8. The van der Waals surface area contributed by atoms with Crippen LogP contribution in [-0.2, 0) is 0 Å². The van der Waals surface area contributed by atoms with Crippen LogP contribution in [0, 0.1) is 6.92 Å². The van der Waals surface area contributed by atoms with E-state index in [1.807, 2.05) is 16.8 Å². The molecule has 21 heavy (non-hydrogen) atoms. The fourth-order valence-corrected chi connectivity index (χ4v) is 4.02. The molecule has 0 aromatic carbocycles. The van der Waals surface area contributed by atoms with Crippen molar-refractivity contribution in [1.29, 1.82) is 0 Å². The molecule has 4 heterocycles. The third kappa shape index (κ3) is 2.29. The van der Waals surface area contributed by atoms with E-state index in [0.717, 1.165) is 23.7 Å². The van der Waals surface area contributed by atoms with Crippen LogP contribution >= 0.6 is 0 Å². The maximum absolute atomic E-state index is 4.65. The highest BCUT2D eigenvalue weighted by molar-refractivity contribution is 5.50. The quantitative estimate of drug-likeness (QED) is 0.920. The SMILES string of the molecule is Cc1cccn2nc(NC3CC4CCCC(C3)N4C)nc12. The molecule has 5 nitrogen and oxygen atoms in total. The molecular weight excluding hydrogens is 262 g/mol. The molecule has 2 atom stereocenters. The maximum Gasteiger partial charge on any atom is 0.243 e. The van der Waals surface area contributed by atoms with Crippen molar-refractivity contribution in [3.8, 4) is 0 Å². The molecule has 4 rings (SSSR count). The van der Waals surface area contributed by atoms with Crippen LogP contribution in [0.1, 0.15) is 37.7 Å². The van der Waals surface area contributed by atoms with Gasteiger partial charge in [-0.1, -0.05) is 12.5 Å². The molecule has 2 bridgehead atoms. The van der Waals surface area contributed by atoms with Gasteiger partial charge in [0.15, 0.2) is 5.65 Å². The third-order valence-electron chi connectivity index (χ3n) is 5.23. The Morgan fingerprint density at radius 1 is 1.24 bits per heavy atom. The average molecular weight is 285 g/mol. The second kappa shape index (κ2) is 4.98. The van der Waals surface area contributed by atoms with Crippen molar-refractivity contribution in [1.82, 2.24) is 19.5 Å². The molecule has 5 heteroatoms. The van der Waals surface area contributed by atoms with E-state index in [2.05, 4.69) is 40.3 Å². The maximum atomic E-state index is 4.65. The second-order valence-electron chi connectivity index (χ2n) is 6.61. The largest absolute Gasteiger partial charge is 0.350 e. The number of hydrogen-bond acceptors (Lipinski definition) is 4. The Labute approximate surface area is 125 Å². The molecule has 0 radical (unpaired) electrons. The standard InChI is InChI=1S/C16H23N5/c1-11-5-4-8-21-15(11)18-16(19-21)17-12-9-13-6-3-7-14(10-12)20(13)2/h4-5,8,12-14H,3,6-7,9-10H2,1-2H3,(H,17,19). The number of rotatable bonds is 2. The summed E-state index contributed by atoms with van der Waals surface area (Å²) in [7, 11) is 2.29. The van der Waals surface area contributed by atoms with E-state index in [9.17, 15) is 0 Å². The molecule has 2 aromatic heterocycles. The zero-order chi connectivity index (χ0) is 14.4. The highest BCUT2D eigenvalue weighted by atomic mass is 15.4. The van der Waals surface area contributed by atoms with E-state index in [1.54, 1.807) is 0 Å². The first kappa shape index (κ1) is 13.1. The Kier molecular flexibility index (Phi) is 3.10. The van der Waals surface area contributed by atoms with Gasteiger partial charge in [0.1, 0.15) is 0 Å². The Morgan fingerprint density at radius 3 is 2.71 bits per heavy atom. The lowest BCUT2D eigenvalue weighted by Crippen LogP contribution is -2.52. The van der Waals surface area contributed by atoms with E-state index >= 15 is 0 Å². The number of aromatic nitrogens is 3. The smallest absolute Gasteiger partial charge is 0.243 e. The summed E-state index contributed by atoms with van der Waals surface area (Å²) in [6.07, 6.45) is 8.44. The summed E-state index contributed by atoms with van der Waals surface area (Å²) in [5, 5.41) is 8.14. The molecule has 1 N–H and O–H groups in total. The molecular formula is C16H23N5. The number of nitrogens with zero attached hydrogens (tertiary/aromatic N) is 4. The Hall–Kier alpha value is -1.62. The van der Waals surface area contributed by atoms with Crippen LogP contribution in [0.25, 0.3) is 5.65 Å². The third-order valence-corrected chi connectivity index (χ3v) is 5.23. The summed E-state index contributed by atoms with van der Waals surface area (Å²) in [6, 6.07) is 6.06. The molecule has 0 saturated carbocycles. The Balaban J connectivity index is 1.54. The minimum atomic E-state index is 0.509. The molecule has 2 aromatic rings. The lowest BCUT2D eigenvalue weighted by Gasteiger charge is -2.47. The molecule has 2 aliphatic rings. The Bertz CT molecular complexity index is 635. The number of nitrogens with one attached hydrogen (secondary N) is 1. The number of aryl methyl sites for hydroxylation is 1. The number of anilines is 1. The van der Waals surface area contributed by atoms with Gasteiger partial charge in [-0.2, -0.15) is 4.98 Å². The van der Waals surface area contributed by atoms with Gasteiger partial charge >= 0.3 is 0 Å². The van der Waals surface area contributed by atoms with E-state index in [-0.39, 0.29) is 0 Å². The first-order valence-electron chi connectivity index (χ1n) is 8.01.